The van der Waals surface area contributed by atoms with Crippen LogP contribution in [0.3, 0.4) is 0 Å². The molecule has 6 heteroatoms. The summed E-state index contributed by atoms with van der Waals surface area (Å²) < 4.78 is 2.17. The van der Waals surface area contributed by atoms with E-state index in [9.17, 15) is 0 Å². The van der Waals surface area contributed by atoms with Gasteiger partial charge in [-0.15, -0.1) is 0 Å². The second-order valence-corrected chi connectivity index (χ2v) is 5.75. The van der Waals surface area contributed by atoms with Crippen molar-refractivity contribution in [1.82, 2.24) is 19.5 Å². The summed E-state index contributed by atoms with van der Waals surface area (Å²) in [6.07, 6.45) is 6.15. The van der Waals surface area contributed by atoms with Gasteiger partial charge in [-0.3, -0.25) is 0 Å². The van der Waals surface area contributed by atoms with Crippen molar-refractivity contribution in [2.24, 2.45) is 0 Å². The summed E-state index contributed by atoms with van der Waals surface area (Å²) in [4.78, 5) is 13.3. The number of hydrogen-bond acceptors (Lipinski definition) is 5. The zero-order chi connectivity index (χ0) is 12.1. The summed E-state index contributed by atoms with van der Waals surface area (Å²) in [7, 11) is 0. The number of nitrogen functional groups attached to an aromatic ring is 1. The zero-order valence-electron chi connectivity index (χ0n) is 9.83. The highest BCUT2D eigenvalue weighted by molar-refractivity contribution is 7.98. The Kier molecular flexibility index (Phi) is 2.14. The number of fused-ring (bicyclic) bond motifs is 1. The lowest BCUT2D eigenvalue weighted by Crippen LogP contribution is -2.05. The van der Waals surface area contributed by atoms with Crippen LogP contribution in [0.5, 0.6) is 0 Å². The minimum atomic E-state index is 0.579. The van der Waals surface area contributed by atoms with Gasteiger partial charge in [-0.05, 0) is 12.8 Å². The maximum Gasteiger partial charge on any atom is 0.180 e. The van der Waals surface area contributed by atoms with Crippen molar-refractivity contribution in [3.05, 3.63) is 23.8 Å². The molecule has 0 atom stereocenters. The molecular weight excluding hydrogens is 246 g/mol. The lowest BCUT2D eigenvalue weighted by molar-refractivity contribution is 0.742. The number of anilines is 1. The average molecular weight is 259 g/mol. The standard InChI is InChI=1S/C12H13N5S/c13-11-8-4-18-5-9(8)15-12(16-11)10-3-14-6-17(10)7-1-2-7/h3,6-7H,1-2,4-5H2,(H2,13,15,16). The fourth-order valence-corrected chi connectivity index (χ4v) is 3.37. The zero-order valence-corrected chi connectivity index (χ0v) is 10.7. The second kappa shape index (κ2) is 3.71. The van der Waals surface area contributed by atoms with Crippen LogP contribution in [-0.2, 0) is 11.5 Å². The van der Waals surface area contributed by atoms with Crippen molar-refractivity contribution in [2.75, 3.05) is 5.73 Å². The normalized spacial score (nSPS) is 18.0. The van der Waals surface area contributed by atoms with E-state index in [1.165, 1.54) is 12.8 Å². The van der Waals surface area contributed by atoms with Crippen LogP contribution >= 0.6 is 11.8 Å². The molecule has 0 spiro atoms. The van der Waals surface area contributed by atoms with Gasteiger partial charge in [0.15, 0.2) is 5.82 Å². The number of hydrogen-bond donors (Lipinski definition) is 1. The molecule has 1 saturated carbocycles. The first kappa shape index (κ1) is 10.4. The molecule has 2 aromatic rings. The molecule has 18 heavy (non-hydrogen) atoms. The molecule has 0 aromatic carbocycles. The quantitative estimate of drug-likeness (QED) is 0.893. The minimum absolute atomic E-state index is 0.579. The van der Waals surface area contributed by atoms with Gasteiger partial charge in [0.1, 0.15) is 11.5 Å². The molecular formula is C12H13N5S. The van der Waals surface area contributed by atoms with Gasteiger partial charge in [0.05, 0.1) is 18.2 Å². The highest BCUT2D eigenvalue weighted by Crippen LogP contribution is 2.38. The van der Waals surface area contributed by atoms with E-state index in [0.717, 1.165) is 34.3 Å². The monoisotopic (exact) mass is 259 g/mol. The van der Waals surface area contributed by atoms with Crippen molar-refractivity contribution in [3.8, 4) is 11.5 Å². The molecule has 4 rings (SSSR count). The Hall–Kier alpha value is -1.56. The summed E-state index contributed by atoms with van der Waals surface area (Å²) in [6, 6.07) is 0.579. The fraction of sp³-hybridized carbons (Fsp3) is 0.417. The number of nitrogens with zero attached hydrogens (tertiary/aromatic N) is 4. The van der Waals surface area contributed by atoms with Gasteiger partial charge in [0, 0.05) is 23.1 Å². The summed E-state index contributed by atoms with van der Waals surface area (Å²) in [6.45, 7) is 0. The van der Waals surface area contributed by atoms with Gasteiger partial charge in [-0.1, -0.05) is 0 Å². The Balaban J connectivity index is 1.84. The molecule has 2 aliphatic rings. The van der Waals surface area contributed by atoms with Crippen LogP contribution in [0.25, 0.3) is 11.5 Å². The van der Waals surface area contributed by atoms with E-state index in [1.54, 1.807) is 0 Å². The fourth-order valence-electron chi connectivity index (χ4n) is 2.31. The Morgan fingerprint density at radius 2 is 2.17 bits per heavy atom. The summed E-state index contributed by atoms with van der Waals surface area (Å²) in [5.74, 6) is 3.22. The highest BCUT2D eigenvalue weighted by Gasteiger charge is 2.27. The number of nitrogens with two attached hydrogens (primary N) is 1. The molecule has 0 radical (unpaired) electrons. The first-order valence-corrected chi connectivity index (χ1v) is 7.23. The van der Waals surface area contributed by atoms with Crippen LogP contribution in [0, 0.1) is 0 Å². The molecule has 1 aliphatic carbocycles. The predicted octanol–water partition coefficient (Wildman–Crippen LogP) is 2.00. The molecule has 0 amide bonds. The molecule has 2 aromatic heterocycles. The third-order valence-corrected chi connectivity index (χ3v) is 4.42. The first-order valence-electron chi connectivity index (χ1n) is 6.08. The van der Waals surface area contributed by atoms with Gasteiger partial charge in [0.25, 0.3) is 0 Å². The molecule has 0 bridgehead atoms. The Bertz CT molecular complexity index is 617. The third-order valence-electron chi connectivity index (χ3n) is 3.45. The van der Waals surface area contributed by atoms with E-state index < -0.39 is 0 Å². The van der Waals surface area contributed by atoms with Crippen molar-refractivity contribution in [3.63, 3.8) is 0 Å². The van der Waals surface area contributed by atoms with E-state index in [2.05, 4.69) is 19.5 Å². The van der Waals surface area contributed by atoms with Crippen LogP contribution in [0.15, 0.2) is 12.5 Å². The summed E-state index contributed by atoms with van der Waals surface area (Å²) in [5, 5.41) is 0. The van der Waals surface area contributed by atoms with Crippen LogP contribution in [-0.4, -0.2) is 19.5 Å². The smallest absolute Gasteiger partial charge is 0.180 e. The molecule has 92 valence electrons. The number of rotatable bonds is 2. The largest absolute Gasteiger partial charge is 0.383 e. The van der Waals surface area contributed by atoms with Crippen molar-refractivity contribution in [2.45, 2.75) is 30.4 Å². The summed E-state index contributed by atoms with van der Waals surface area (Å²) >= 11 is 1.84. The molecule has 0 saturated heterocycles. The van der Waals surface area contributed by atoms with E-state index in [0.29, 0.717) is 11.9 Å². The molecule has 2 N–H and O–H groups in total. The minimum Gasteiger partial charge on any atom is -0.383 e. The van der Waals surface area contributed by atoms with Gasteiger partial charge in [-0.2, -0.15) is 11.8 Å². The van der Waals surface area contributed by atoms with Crippen molar-refractivity contribution < 1.29 is 0 Å². The van der Waals surface area contributed by atoms with E-state index in [-0.39, 0.29) is 0 Å². The Labute approximate surface area is 109 Å². The first-order chi connectivity index (χ1) is 8.83. The Morgan fingerprint density at radius 3 is 3.00 bits per heavy atom. The third kappa shape index (κ3) is 1.52. The van der Waals surface area contributed by atoms with Gasteiger partial charge in [-0.25, -0.2) is 15.0 Å². The van der Waals surface area contributed by atoms with Gasteiger partial charge in [0.2, 0.25) is 0 Å². The molecule has 5 nitrogen and oxygen atoms in total. The number of aromatic nitrogens is 4. The maximum absolute atomic E-state index is 6.03. The molecule has 1 aliphatic heterocycles. The number of imidazole rings is 1. The maximum atomic E-state index is 6.03. The van der Waals surface area contributed by atoms with Gasteiger partial charge >= 0.3 is 0 Å². The SMILES string of the molecule is Nc1nc(-c2cncn2C2CC2)nc2c1CSC2. The highest BCUT2D eigenvalue weighted by atomic mass is 32.2. The topological polar surface area (TPSA) is 69.6 Å². The second-order valence-electron chi connectivity index (χ2n) is 4.77. The molecule has 1 fully saturated rings. The average Bonchev–Trinajstić information content (AvgIpc) is 2.92. The lowest BCUT2D eigenvalue weighted by Gasteiger charge is -2.08. The Morgan fingerprint density at radius 1 is 1.28 bits per heavy atom. The van der Waals surface area contributed by atoms with Crippen LogP contribution in [0.2, 0.25) is 0 Å². The lowest BCUT2D eigenvalue weighted by atomic mass is 10.2. The van der Waals surface area contributed by atoms with E-state index in [4.69, 9.17) is 5.73 Å². The number of thioether (sulfide) groups is 1. The van der Waals surface area contributed by atoms with Crippen molar-refractivity contribution in [1.29, 1.82) is 0 Å². The molecule has 3 heterocycles. The van der Waals surface area contributed by atoms with Crippen molar-refractivity contribution >= 4 is 17.6 Å². The van der Waals surface area contributed by atoms with Crippen LogP contribution < -0.4 is 5.73 Å². The van der Waals surface area contributed by atoms with E-state index in [1.807, 2.05) is 24.3 Å². The van der Waals surface area contributed by atoms with E-state index >= 15 is 0 Å². The van der Waals surface area contributed by atoms with Crippen LogP contribution in [0.1, 0.15) is 30.1 Å². The molecule has 0 unspecified atom stereocenters. The predicted molar refractivity (Wildman–Crippen MR) is 70.9 cm³/mol. The summed E-state index contributed by atoms with van der Waals surface area (Å²) in [5.41, 5.74) is 9.22. The van der Waals surface area contributed by atoms with Gasteiger partial charge < -0.3 is 10.3 Å². The van der Waals surface area contributed by atoms with Crippen LogP contribution in [0.4, 0.5) is 5.82 Å².